The second kappa shape index (κ2) is 8.87. The Balaban J connectivity index is 1.92. The molecule has 0 bridgehead atoms. The molecule has 1 amide bonds. The van der Waals surface area contributed by atoms with Gasteiger partial charge in [-0.25, -0.2) is 4.79 Å². The van der Waals surface area contributed by atoms with Crippen LogP contribution >= 0.6 is 0 Å². The van der Waals surface area contributed by atoms with Gasteiger partial charge in [-0.2, -0.15) is 0 Å². The van der Waals surface area contributed by atoms with E-state index in [9.17, 15) is 9.59 Å². The Labute approximate surface area is 148 Å². The van der Waals surface area contributed by atoms with Crippen molar-refractivity contribution in [2.45, 2.75) is 20.3 Å². The number of nitrogens with one attached hydrogen (secondary N) is 1. The predicted octanol–water partition coefficient (Wildman–Crippen LogP) is 4.15. The van der Waals surface area contributed by atoms with E-state index in [1.807, 2.05) is 0 Å². The largest absolute Gasteiger partial charge is 0.497 e. The Hall–Kier alpha value is -2.82. The number of rotatable bonds is 7. The first-order valence-electron chi connectivity index (χ1n) is 8.22. The fourth-order valence-corrected chi connectivity index (χ4v) is 2.11. The summed E-state index contributed by atoms with van der Waals surface area (Å²) < 4.78 is 10.3. The third kappa shape index (κ3) is 5.64. The molecule has 0 aliphatic rings. The molecule has 0 aliphatic carbocycles. The first kappa shape index (κ1) is 18.5. The van der Waals surface area contributed by atoms with E-state index in [4.69, 9.17) is 9.47 Å². The maximum absolute atomic E-state index is 12.2. The fraction of sp³-hybridized carbons (Fsp3) is 0.300. The number of esters is 1. The summed E-state index contributed by atoms with van der Waals surface area (Å²) in [5.41, 5.74) is 1.60. The zero-order valence-corrected chi connectivity index (χ0v) is 14.7. The highest BCUT2D eigenvalue weighted by atomic mass is 16.5. The minimum absolute atomic E-state index is 0.227. The predicted molar refractivity (Wildman–Crippen MR) is 97.1 cm³/mol. The van der Waals surface area contributed by atoms with Crippen molar-refractivity contribution in [1.82, 2.24) is 0 Å². The molecule has 132 valence electrons. The number of hydrogen-bond donors (Lipinski definition) is 1. The van der Waals surface area contributed by atoms with Crippen molar-refractivity contribution in [3.8, 4) is 5.75 Å². The van der Waals surface area contributed by atoms with E-state index < -0.39 is 0 Å². The van der Waals surface area contributed by atoms with Crippen LogP contribution in [0.4, 0.5) is 5.69 Å². The zero-order valence-electron chi connectivity index (χ0n) is 14.7. The van der Waals surface area contributed by atoms with Crippen molar-refractivity contribution in [3.63, 3.8) is 0 Å². The molecule has 5 nitrogen and oxygen atoms in total. The number of amides is 1. The van der Waals surface area contributed by atoms with E-state index in [2.05, 4.69) is 19.2 Å². The lowest BCUT2D eigenvalue weighted by Gasteiger charge is -2.08. The van der Waals surface area contributed by atoms with E-state index in [1.54, 1.807) is 55.6 Å². The molecule has 0 radical (unpaired) electrons. The molecule has 0 unspecified atom stereocenters. The van der Waals surface area contributed by atoms with Gasteiger partial charge in [0.15, 0.2) is 0 Å². The monoisotopic (exact) mass is 341 g/mol. The van der Waals surface area contributed by atoms with Gasteiger partial charge in [0.25, 0.3) is 5.91 Å². The highest BCUT2D eigenvalue weighted by Crippen LogP contribution is 2.15. The Bertz CT molecular complexity index is 705. The molecule has 0 fully saturated rings. The van der Waals surface area contributed by atoms with Crippen LogP contribution in [0.25, 0.3) is 0 Å². The van der Waals surface area contributed by atoms with Gasteiger partial charge in [0.05, 0.1) is 19.3 Å². The molecule has 0 aliphatic heterocycles. The minimum Gasteiger partial charge on any atom is -0.497 e. The van der Waals surface area contributed by atoms with Gasteiger partial charge in [-0.3, -0.25) is 4.79 Å². The molecular formula is C20H23NO4. The van der Waals surface area contributed by atoms with Crippen molar-refractivity contribution < 1.29 is 19.1 Å². The van der Waals surface area contributed by atoms with Crippen LogP contribution in [0, 0.1) is 5.92 Å². The van der Waals surface area contributed by atoms with Gasteiger partial charge in [-0.15, -0.1) is 0 Å². The van der Waals surface area contributed by atoms with Gasteiger partial charge in [-0.05, 0) is 60.9 Å². The lowest BCUT2D eigenvalue weighted by molar-refractivity contribution is 0.0488. The van der Waals surface area contributed by atoms with Crippen LogP contribution in [-0.4, -0.2) is 25.6 Å². The topological polar surface area (TPSA) is 64.6 Å². The Morgan fingerprint density at radius 2 is 1.56 bits per heavy atom. The third-order valence-corrected chi connectivity index (χ3v) is 3.66. The molecule has 25 heavy (non-hydrogen) atoms. The average Bonchev–Trinajstić information content (AvgIpc) is 2.62. The summed E-state index contributed by atoms with van der Waals surface area (Å²) in [6.45, 7) is 4.56. The molecule has 0 saturated heterocycles. The van der Waals surface area contributed by atoms with Crippen LogP contribution in [0.1, 0.15) is 41.0 Å². The molecule has 1 N–H and O–H groups in total. The van der Waals surface area contributed by atoms with Crippen molar-refractivity contribution in [1.29, 1.82) is 0 Å². The van der Waals surface area contributed by atoms with Gasteiger partial charge in [-0.1, -0.05) is 13.8 Å². The molecule has 0 aromatic heterocycles. The van der Waals surface area contributed by atoms with Gasteiger partial charge in [0.1, 0.15) is 5.75 Å². The fourth-order valence-electron chi connectivity index (χ4n) is 2.11. The molecule has 5 heteroatoms. The Morgan fingerprint density at radius 3 is 2.12 bits per heavy atom. The second-order valence-corrected chi connectivity index (χ2v) is 6.08. The zero-order chi connectivity index (χ0) is 18.2. The Kier molecular flexibility index (Phi) is 6.57. The smallest absolute Gasteiger partial charge is 0.338 e. The Morgan fingerprint density at radius 1 is 0.960 bits per heavy atom. The number of benzene rings is 2. The lowest BCUT2D eigenvalue weighted by atomic mass is 10.1. The van der Waals surface area contributed by atoms with Gasteiger partial charge >= 0.3 is 5.97 Å². The maximum Gasteiger partial charge on any atom is 0.338 e. The number of ether oxygens (including phenoxy) is 2. The first-order chi connectivity index (χ1) is 12.0. The van der Waals surface area contributed by atoms with Crippen molar-refractivity contribution >= 4 is 17.6 Å². The lowest BCUT2D eigenvalue weighted by Crippen LogP contribution is -2.12. The number of methoxy groups -OCH3 is 1. The number of carbonyl (C=O) groups is 2. The van der Waals surface area contributed by atoms with Crippen LogP contribution in [-0.2, 0) is 4.74 Å². The van der Waals surface area contributed by atoms with Gasteiger partial charge < -0.3 is 14.8 Å². The molecular weight excluding hydrogens is 318 g/mol. The minimum atomic E-state index is -0.353. The quantitative estimate of drug-likeness (QED) is 0.768. The van der Waals surface area contributed by atoms with Crippen LogP contribution in [0.2, 0.25) is 0 Å². The SMILES string of the molecule is COc1ccc(C(=O)Nc2ccc(C(=O)OCCC(C)C)cc2)cc1. The standard InChI is InChI=1S/C20H23NO4/c1-14(2)12-13-25-20(23)16-4-8-17(9-5-16)21-19(22)15-6-10-18(24-3)11-7-15/h4-11,14H,12-13H2,1-3H3,(H,21,22). The number of anilines is 1. The second-order valence-electron chi connectivity index (χ2n) is 6.08. The third-order valence-electron chi connectivity index (χ3n) is 3.66. The normalized spacial score (nSPS) is 10.4. The summed E-state index contributed by atoms with van der Waals surface area (Å²) in [7, 11) is 1.57. The van der Waals surface area contributed by atoms with E-state index in [0.29, 0.717) is 35.1 Å². The molecule has 0 heterocycles. The van der Waals surface area contributed by atoms with Crippen molar-refractivity contribution in [2.24, 2.45) is 5.92 Å². The maximum atomic E-state index is 12.2. The van der Waals surface area contributed by atoms with Gasteiger partial charge in [0, 0.05) is 11.3 Å². The summed E-state index contributed by atoms with van der Waals surface area (Å²) in [5, 5.41) is 2.79. The number of hydrogen-bond acceptors (Lipinski definition) is 4. The van der Waals surface area contributed by atoms with E-state index in [0.717, 1.165) is 6.42 Å². The van der Waals surface area contributed by atoms with Gasteiger partial charge in [0.2, 0.25) is 0 Å². The molecule has 2 rings (SSSR count). The van der Waals surface area contributed by atoms with Crippen LogP contribution in [0.3, 0.4) is 0 Å². The molecule has 0 atom stereocenters. The molecule has 0 spiro atoms. The van der Waals surface area contributed by atoms with Crippen LogP contribution in [0.5, 0.6) is 5.75 Å². The molecule has 2 aromatic carbocycles. The highest BCUT2D eigenvalue weighted by Gasteiger charge is 2.09. The summed E-state index contributed by atoms with van der Waals surface area (Å²) in [6, 6.07) is 13.5. The van der Waals surface area contributed by atoms with Crippen molar-refractivity contribution in [2.75, 3.05) is 19.0 Å². The summed E-state index contributed by atoms with van der Waals surface area (Å²) in [4.78, 5) is 24.1. The average molecular weight is 341 g/mol. The first-order valence-corrected chi connectivity index (χ1v) is 8.22. The summed E-state index contributed by atoms with van der Waals surface area (Å²) >= 11 is 0. The summed E-state index contributed by atoms with van der Waals surface area (Å²) in [5.74, 6) is 0.601. The molecule has 0 saturated carbocycles. The van der Waals surface area contributed by atoms with E-state index in [-0.39, 0.29) is 11.9 Å². The van der Waals surface area contributed by atoms with E-state index in [1.165, 1.54) is 0 Å². The highest BCUT2D eigenvalue weighted by molar-refractivity contribution is 6.04. The number of carbonyl (C=O) groups excluding carboxylic acids is 2. The van der Waals surface area contributed by atoms with Crippen molar-refractivity contribution in [3.05, 3.63) is 59.7 Å². The van der Waals surface area contributed by atoms with E-state index >= 15 is 0 Å². The summed E-state index contributed by atoms with van der Waals surface area (Å²) in [6.07, 6.45) is 0.835. The van der Waals surface area contributed by atoms with Crippen LogP contribution < -0.4 is 10.1 Å². The molecule has 2 aromatic rings. The van der Waals surface area contributed by atoms with Crippen LogP contribution in [0.15, 0.2) is 48.5 Å².